The highest BCUT2D eigenvalue weighted by Crippen LogP contribution is 2.52. The maximum Gasteiger partial charge on any atom is 0.126 e. The van der Waals surface area contributed by atoms with Gasteiger partial charge in [0.2, 0.25) is 0 Å². The molecule has 0 saturated carbocycles. The topological polar surface area (TPSA) is 48.8 Å². The quantitative estimate of drug-likeness (QED) is 0.216. The summed E-state index contributed by atoms with van der Waals surface area (Å²) in [5.74, 6) is 2.11. The minimum atomic E-state index is -0.304. The van der Waals surface area contributed by atoms with Crippen LogP contribution in [0, 0.1) is 5.92 Å². The first-order valence-corrected chi connectivity index (χ1v) is 15.3. The van der Waals surface area contributed by atoms with Crippen molar-refractivity contribution in [3.8, 4) is 11.5 Å². The summed E-state index contributed by atoms with van der Waals surface area (Å²) < 4.78 is 21.9. The summed E-state index contributed by atoms with van der Waals surface area (Å²) in [5, 5.41) is 0.789. The molecule has 6 nitrogen and oxygen atoms in total. The van der Waals surface area contributed by atoms with E-state index in [0.29, 0.717) is 19.1 Å². The van der Waals surface area contributed by atoms with Gasteiger partial charge in [-0.1, -0.05) is 35.4 Å². The van der Waals surface area contributed by atoms with E-state index in [4.69, 9.17) is 25.8 Å². The SMILES string of the molecule is CC(C)=CCOc1cc2c(cc1CN(CCCn1ccnc1)Cc1ccccc1Cl)OC(C)(C)[C@H]1CC[C@H](C)O[C@H]21. The van der Waals surface area contributed by atoms with Crippen molar-refractivity contribution in [2.45, 2.75) is 91.3 Å². The number of nitrogens with zero attached hydrogens (tertiary/aromatic N) is 3. The average molecular weight is 578 g/mol. The Hall–Kier alpha value is -2.80. The third-order valence-corrected chi connectivity index (χ3v) is 8.69. The summed E-state index contributed by atoms with van der Waals surface area (Å²) in [4.78, 5) is 6.64. The van der Waals surface area contributed by atoms with Gasteiger partial charge in [-0.2, -0.15) is 0 Å². The van der Waals surface area contributed by atoms with E-state index in [1.807, 2.05) is 30.9 Å². The molecule has 41 heavy (non-hydrogen) atoms. The van der Waals surface area contributed by atoms with E-state index in [0.717, 1.165) is 72.1 Å². The van der Waals surface area contributed by atoms with Gasteiger partial charge in [0, 0.05) is 60.6 Å². The lowest BCUT2D eigenvalue weighted by molar-refractivity contribution is -0.144. The highest BCUT2D eigenvalue weighted by molar-refractivity contribution is 6.31. The standard InChI is InChI=1S/C34H44ClN3O3/c1-24(2)13-18-39-31-20-28-32(41-34(4,5)29-12-11-25(3)40-33(28)29)19-27(31)22-38(16-8-15-37-17-14-36-23-37)21-26-9-6-7-10-30(26)35/h6-7,9-10,13-14,17,19-20,23,25,29,33H,8,11-12,15-16,18,21-22H2,1-5H3/t25-,29-,33+/m0/s1. The number of aryl methyl sites for hydroxylation is 1. The number of aromatic nitrogens is 2. The smallest absolute Gasteiger partial charge is 0.126 e. The molecule has 0 aliphatic carbocycles. The van der Waals surface area contributed by atoms with Gasteiger partial charge >= 0.3 is 0 Å². The van der Waals surface area contributed by atoms with Crippen LogP contribution in [0.25, 0.3) is 0 Å². The molecule has 0 N–H and O–H groups in total. The van der Waals surface area contributed by atoms with Gasteiger partial charge in [-0.3, -0.25) is 4.90 Å². The fourth-order valence-electron chi connectivity index (χ4n) is 6.04. The van der Waals surface area contributed by atoms with Crippen LogP contribution in [-0.4, -0.2) is 39.3 Å². The average Bonchev–Trinajstić information content (AvgIpc) is 3.43. The van der Waals surface area contributed by atoms with E-state index in [1.54, 1.807) is 0 Å². The summed E-state index contributed by atoms with van der Waals surface area (Å²) in [7, 11) is 0. The van der Waals surface area contributed by atoms with Crippen LogP contribution in [0.1, 0.15) is 76.7 Å². The first-order chi connectivity index (χ1) is 19.7. The third kappa shape index (κ3) is 7.35. The molecule has 0 bridgehead atoms. The lowest BCUT2D eigenvalue weighted by atomic mass is 9.75. The van der Waals surface area contributed by atoms with Crippen molar-refractivity contribution in [1.29, 1.82) is 0 Å². The fraction of sp³-hybridized carbons (Fsp3) is 0.500. The maximum atomic E-state index is 6.71. The van der Waals surface area contributed by atoms with Crippen LogP contribution in [-0.2, 0) is 24.4 Å². The largest absolute Gasteiger partial charge is 0.489 e. The third-order valence-electron chi connectivity index (χ3n) is 8.32. The van der Waals surface area contributed by atoms with Gasteiger partial charge in [-0.15, -0.1) is 0 Å². The van der Waals surface area contributed by atoms with Crippen molar-refractivity contribution in [3.05, 3.63) is 88.5 Å². The molecule has 0 radical (unpaired) electrons. The van der Waals surface area contributed by atoms with Gasteiger partial charge in [-0.05, 0) is 83.7 Å². The van der Waals surface area contributed by atoms with Gasteiger partial charge in [0.05, 0.1) is 18.5 Å². The minimum absolute atomic E-state index is 0.00626. The summed E-state index contributed by atoms with van der Waals surface area (Å²) >= 11 is 6.61. The Kier molecular flexibility index (Phi) is 9.42. The van der Waals surface area contributed by atoms with Crippen molar-refractivity contribution in [2.75, 3.05) is 13.2 Å². The molecule has 0 amide bonds. The van der Waals surface area contributed by atoms with Crippen LogP contribution in [0.5, 0.6) is 11.5 Å². The monoisotopic (exact) mass is 577 g/mol. The second-order valence-corrected chi connectivity index (χ2v) is 12.7. The molecule has 3 atom stereocenters. The number of hydrogen-bond donors (Lipinski definition) is 0. The molecule has 1 saturated heterocycles. The molecule has 7 heteroatoms. The Balaban J connectivity index is 1.47. The summed E-state index contributed by atoms with van der Waals surface area (Å²) in [6, 6.07) is 12.5. The molecule has 2 aromatic carbocycles. The lowest BCUT2D eigenvalue weighted by Crippen LogP contribution is -2.48. The van der Waals surface area contributed by atoms with Crippen LogP contribution in [0.2, 0.25) is 5.02 Å². The van der Waals surface area contributed by atoms with E-state index in [1.165, 1.54) is 5.57 Å². The molecule has 1 aromatic heterocycles. The highest BCUT2D eigenvalue weighted by atomic mass is 35.5. The maximum absolute atomic E-state index is 6.71. The molecule has 2 aliphatic rings. The van der Waals surface area contributed by atoms with Crippen molar-refractivity contribution in [1.82, 2.24) is 14.5 Å². The second kappa shape index (κ2) is 13.0. The first kappa shape index (κ1) is 29.7. The van der Waals surface area contributed by atoms with Crippen LogP contribution >= 0.6 is 11.6 Å². The normalized spacial score (nSPS) is 21.1. The number of rotatable bonds is 11. The summed E-state index contributed by atoms with van der Waals surface area (Å²) in [6.45, 7) is 14.5. The molecule has 0 unspecified atom stereocenters. The molecule has 3 aromatic rings. The molecule has 0 spiro atoms. The number of halogens is 1. The van der Waals surface area contributed by atoms with Crippen LogP contribution in [0.4, 0.5) is 0 Å². The summed E-state index contributed by atoms with van der Waals surface area (Å²) in [5.41, 5.74) is 4.26. The fourth-order valence-corrected chi connectivity index (χ4v) is 6.24. The Morgan fingerprint density at radius 1 is 1.17 bits per heavy atom. The van der Waals surface area contributed by atoms with Gasteiger partial charge in [0.25, 0.3) is 0 Å². The van der Waals surface area contributed by atoms with E-state index in [-0.39, 0.29) is 17.8 Å². The Morgan fingerprint density at radius 3 is 2.73 bits per heavy atom. The minimum Gasteiger partial charge on any atom is -0.489 e. The van der Waals surface area contributed by atoms with Crippen molar-refractivity contribution >= 4 is 11.6 Å². The van der Waals surface area contributed by atoms with E-state index in [2.05, 4.69) is 79.4 Å². The number of hydrogen-bond acceptors (Lipinski definition) is 5. The number of imidazole rings is 1. The molecule has 5 rings (SSSR count). The molecule has 1 fully saturated rings. The Bertz CT molecular complexity index is 1330. The predicted molar refractivity (Wildman–Crippen MR) is 164 cm³/mol. The number of benzene rings is 2. The van der Waals surface area contributed by atoms with E-state index < -0.39 is 0 Å². The highest BCUT2D eigenvalue weighted by Gasteiger charge is 2.47. The van der Waals surface area contributed by atoms with Crippen LogP contribution in [0.15, 0.2) is 66.8 Å². The van der Waals surface area contributed by atoms with Crippen molar-refractivity contribution < 1.29 is 14.2 Å². The van der Waals surface area contributed by atoms with Crippen molar-refractivity contribution in [3.63, 3.8) is 0 Å². The van der Waals surface area contributed by atoms with Crippen molar-refractivity contribution in [2.24, 2.45) is 5.92 Å². The van der Waals surface area contributed by atoms with Crippen LogP contribution in [0.3, 0.4) is 0 Å². The zero-order valence-electron chi connectivity index (χ0n) is 25.1. The van der Waals surface area contributed by atoms with Gasteiger partial charge in [0.15, 0.2) is 0 Å². The van der Waals surface area contributed by atoms with Gasteiger partial charge in [-0.25, -0.2) is 4.98 Å². The lowest BCUT2D eigenvalue weighted by Gasteiger charge is -2.48. The van der Waals surface area contributed by atoms with Gasteiger partial charge < -0.3 is 18.8 Å². The zero-order chi connectivity index (χ0) is 29.0. The summed E-state index contributed by atoms with van der Waals surface area (Å²) in [6.07, 6.45) is 11.2. The molecule has 220 valence electrons. The Labute approximate surface area is 250 Å². The number of allylic oxidation sites excluding steroid dienone is 1. The van der Waals surface area contributed by atoms with E-state index >= 15 is 0 Å². The second-order valence-electron chi connectivity index (χ2n) is 12.3. The number of fused-ring (bicyclic) bond motifs is 3. The molecule has 2 aliphatic heterocycles. The molecular formula is C34H44ClN3O3. The zero-order valence-corrected chi connectivity index (χ0v) is 25.9. The van der Waals surface area contributed by atoms with E-state index in [9.17, 15) is 0 Å². The number of ether oxygens (including phenoxy) is 3. The molecular weight excluding hydrogens is 534 g/mol. The van der Waals surface area contributed by atoms with Gasteiger partial charge in [0.1, 0.15) is 23.7 Å². The predicted octanol–water partition coefficient (Wildman–Crippen LogP) is 8.00. The van der Waals surface area contributed by atoms with Crippen LogP contribution < -0.4 is 9.47 Å². The Morgan fingerprint density at radius 2 is 1.98 bits per heavy atom. The molecule has 3 heterocycles. The first-order valence-electron chi connectivity index (χ1n) is 14.9.